The molecule has 27 heavy (non-hydrogen) atoms. The minimum absolute atomic E-state index is 0.0281. The second kappa shape index (κ2) is 7.75. The maximum Gasteiger partial charge on any atom is 0.249 e. The second-order valence-corrected chi connectivity index (χ2v) is 6.69. The van der Waals surface area contributed by atoms with Gasteiger partial charge in [0.2, 0.25) is 5.95 Å². The largest absolute Gasteiger partial charge is 0.372 e. The summed E-state index contributed by atoms with van der Waals surface area (Å²) in [7, 11) is 0. The van der Waals surface area contributed by atoms with Crippen LogP contribution >= 0.6 is 11.6 Å². The topological polar surface area (TPSA) is 66.0 Å². The lowest BCUT2D eigenvalue weighted by Crippen LogP contribution is -2.17. The summed E-state index contributed by atoms with van der Waals surface area (Å²) in [6.45, 7) is 2.23. The zero-order chi connectivity index (χ0) is 18.6. The Hall–Kier alpha value is -2.93. The summed E-state index contributed by atoms with van der Waals surface area (Å²) < 4.78 is 13.3. The Bertz CT molecular complexity index is 928. The van der Waals surface area contributed by atoms with Gasteiger partial charge in [-0.3, -0.25) is 0 Å². The van der Waals surface area contributed by atoms with Crippen LogP contribution in [0.5, 0.6) is 0 Å². The fourth-order valence-corrected chi connectivity index (χ4v) is 3.18. The molecule has 2 N–H and O–H groups in total. The van der Waals surface area contributed by atoms with Crippen molar-refractivity contribution in [2.45, 2.75) is 12.8 Å². The highest BCUT2D eigenvalue weighted by Gasteiger charge is 2.12. The van der Waals surface area contributed by atoms with Crippen molar-refractivity contribution in [3.8, 4) is 0 Å². The quantitative estimate of drug-likeness (QED) is 0.661. The van der Waals surface area contributed by atoms with Crippen LogP contribution in [0.2, 0.25) is 5.02 Å². The molecule has 0 bridgehead atoms. The lowest BCUT2D eigenvalue weighted by molar-refractivity contribution is 0.628. The smallest absolute Gasteiger partial charge is 0.249 e. The molecule has 6 nitrogen and oxygen atoms in total. The van der Waals surface area contributed by atoms with Gasteiger partial charge in [0.25, 0.3) is 0 Å². The molecule has 1 aromatic heterocycles. The van der Waals surface area contributed by atoms with Gasteiger partial charge >= 0.3 is 0 Å². The van der Waals surface area contributed by atoms with Gasteiger partial charge in [-0.2, -0.15) is 10.1 Å². The van der Waals surface area contributed by atoms with Gasteiger partial charge in [-0.1, -0.05) is 11.6 Å². The fraction of sp³-hybridized carbons (Fsp3) is 0.211. The van der Waals surface area contributed by atoms with Crippen molar-refractivity contribution in [1.29, 1.82) is 0 Å². The van der Waals surface area contributed by atoms with Gasteiger partial charge in [0, 0.05) is 30.2 Å². The number of aromatic nitrogens is 3. The van der Waals surface area contributed by atoms with Crippen LogP contribution in [0.3, 0.4) is 0 Å². The van der Waals surface area contributed by atoms with Crippen molar-refractivity contribution in [3.05, 3.63) is 59.5 Å². The van der Waals surface area contributed by atoms with Gasteiger partial charge in [0.1, 0.15) is 5.82 Å². The van der Waals surface area contributed by atoms with Crippen LogP contribution in [0.15, 0.2) is 48.7 Å². The molecule has 8 heteroatoms. The van der Waals surface area contributed by atoms with Crippen LogP contribution in [0.25, 0.3) is 0 Å². The summed E-state index contributed by atoms with van der Waals surface area (Å²) in [4.78, 5) is 6.75. The van der Waals surface area contributed by atoms with E-state index in [0.717, 1.165) is 18.8 Å². The molecule has 4 rings (SSSR count). The van der Waals surface area contributed by atoms with Crippen molar-refractivity contribution in [2.75, 3.05) is 28.6 Å². The molecule has 138 valence electrons. The van der Waals surface area contributed by atoms with Crippen LogP contribution in [0.1, 0.15) is 12.8 Å². The summed E-state index contributed by atoms with van der Waals surface area (Å²) in [5, 5.41) is 14.1. The van der Waals surface area contributed by atoms with Crippen molar-refractivity contribution in [1.82, 2.24) is 15.2 Å². The lowest BCUT2D eigenvalue weighted by atomic mass is 10.2. The number of halogens is 2. The minimum Gasteiger partial charge on any atom is -0.372 e. The van der Waals surface area contributed by atoms with Crippen LogP contribution in [-0.2, 0) is 0 Å². The summed E-state index contributed by atoms with van der Waals surface area (Å²) in [5.41, 5.74) is 2.72. The average Bonchev–Trinajstić information content (AvgIpc) is 3.21. The average molecular weight is 385 g/mol. The summed E-state index contributed by atoms with van der Waals surface area (Å²) in [6, 6.07) is 12.5. The number of benzene rings is 2. The number of hydrogen-bond donors (Lipinski definition) is 2. The molecule has 1 saturated heterocycles. The molecular weight excluding hydrogens is 367 g/mol. The predicted octanol–water partition coefficient (Wildman–Crippen LogP) is 4.75. The normalized spacial score (nSPS) is 13.6. The Kier molecular flexibility index (Phi) is 5.02. The lowest BCUT2D eigenvalue weighted by Gasteiger charge is -2.17. The minimum atomic E-state index is -0.478. The van der Waals surface area contributed by atoms with Gasteiger partial charge < -0.3 is 15.5 Å². The monoisotopic (exact) mass is 384 g/mol. The SMILES string of the molecule is Fc1ccc(Nc2nncc(Nc3ccc(N4CCCC4)cc3)n2)cc1Cl. The van der Waals surface area contributed by atoms with Crippen molar-refractivity contribution in [2.24, 2.45) is 0 Å². The molecule has 1 fully saturated rings. The first-order valence-electron chi connectivity index (χ1n) is 8.71. The van der Waals surface area contributed by atoms with Crippen LogP contribution in [0, 0.1) is 5.82 Å². The predicted molar refractivity (Wildman–Crippen MR) is 106 cm³/mol. The summed E-state index contributed by atoms with van der Waals surface area (Å²) in [5.74, 6) is 0.361. The number of rotatable bonds is 5. The van der Waals surface area contributed by atoms with E-state index in [0.29, 0.717) is 11.5 Å². The Labute approximate surface area is 161 Å². The van der Waals surface area contributed by atoms with Gasteiger partial charge in [-0.05, 0) is 55.3 Å². The molecule has 0 unspecified atom stereocenters. The van der Waals surface area contributed by atoms with Gasteiger partial charge in [-0.15, -0.1) is 5.10 Å². The van der Waals surface area contributed by atoms with E-state index < -0.39 is 5.82 Å². The number of hydrogen-bond acceptors (Lipinski definition) is 6. The Morgan fingerprint density at radius 1 is 0.963 bits per heavy atom. The first-order valence-corrected chi connectivity index (χ1v) is 9.09. The molecule has 0 amide bonds. The maximum absolute atomic E-state index is 13.3. The van der Waals surface area contributed by atoms with E-state index in [1.807, 2.05) is 12.1 Å². The Morgan fingerprint density at radius 2 is 1.70 bits per heavy atom. The highest BCUT2D eigenvalue weighted by atomic mass is 35.5. The van der Waals surface area contributed by atoms with Gasteiger partial charge in [-0.25, -0.2) is 4.39 Å². The van der Waals surface area contributed by atoms with E-state index in [-0.39, 0.29) is 11.0 Å². The van der Waals surface area contributed by atoms with E-state index in [9.17, 15) is 4.39 Å². The van der Waals surface area contributed by atoms with E-state index >= 15 is 0 Å². The molecular formula is C19H18ClFN6. The molecule has 0 radical (unpaired) electrons. The fourth-order valence-electron chi connectivity index (χ4n) is 3.00. The second-order valence-electron chi connectivity index (χ2n) is 6.29. The van der Waals surface area contributed by atoms with Gasteiger partial charge in [0.15, 0.2) is 5.82 Å². The zero-order valence-corrected chi connectivity index (χ0v) is 15.2. The molecule has 3 aromatic rings. The highest BCUT2D eigenvalue weighted by Crippen LogP contribution is 2.24. The number of nitrogens with one attached hydrogen (secondary N) is 2. The molecule has 0 saturated carbocycles. The summed E-state index contributed by atoms with van der Waals surface area (Å²) >= 11 is 5.79. The molecule has 0 aliphatic carbocycles. The third kappa shape index (κ3) is 4.25. The van der Waals surface area contributed by atoms with Crippen LogP contribution in [0.4, 0.5) is 33.2 Å². The van der Waals surface area contributed by atoms with Crippen molar-refractivity contribution >= 4 is 40.4 Å². The molecule has 0 atom stereocenters. The van der Waals surface area contributed by atoms with E-state index in [1.165, 1.54) is 36.9 Å². The van der Waals surface area contributed by atoms with E-state index in [1.54, 1.807) is 6.07 Å². The first-order chi connectivity index (χ1) is 13.2. The highest BCUT2D eigenvalue weighted by molar-refractivity contribution is 6.31. The molecule has 1 aliphatic rings. The van der Waals surface area contributed by atoms with Crippen LogP contribution in [-0.4, -0.2) is 28.3 Å². The summed E-state index contributed by atoms with van der Waals surface area (Å²) in [6.07, 6.45) is 4.04. The molecule has 1 aliphatic heterocycles. The molecule has 0 spiro atoms. The Morgan fingerprint density at radius 3 is 2.44 bits per heavy atom. The third-order valence-electron chi connectivity index (χ3n) is 4.35. The number of anilines is 5. The first kappa shape index (κ1) is 17.5. The van der Waals surface area contributed by atoms with E-state index in [4.69, 9.17) is 11.6 Å². The zero-order valence-electron chi connectivity index (χ0n) is 14.5. The maximum atomic E-state index is 13.3. The standard InChI is InChI=1S/C19H18ClFN6/c20-16-11-14(5-8-17(16)21)24-19-25-18(12-22-26-19)23-13-3-6-15(7-4-13)27-9-1-2-10-27/h3-8,11-12H,1-2,9-10H2,(H2,23,24,25,26). The van der Waals surface area contributed by atoms with Crippen LogP contribution < -0.4 is 15.5 Å². The van der Waals surface area contributed by atoms with Gasteiger partial charge in [0.05, 0.1) is 11.2 Å². The molecule has 2 heterocycles. The number of nitrogens with zero attached hydrogens (tertiary/aromatic N) is 4. The van der Waals surface area contributed by atoms with Crippen molar-refractivity contribution < 1.29 is 4.39 Å². The van der Waals surface area contributed by atoms with E-state index in [2.05, 4.69) is 42.8 Å². The Balaban J connectivity index is 1.45. The molecule has 2 aromatic carbocycles. The van der Waals surface area contributed by atoms with Crippen molar-refractivity contribution in [3.63, 3.8) is 0 Å². The third-order valence-corrected chi connectivity index (χ3v) is 4.64.